The van der Waals surface area contributed by atoms with Gasteiger partial charge in [0.05, 0.1) is 40.1 Å². The van der Waals surface area contributed by atoms with Crippen LogP contribution in [0.25, 0.3) is 6.08 Å². The zero-order chi connectivity index (χ0) is 25.0. The third kappa shape index (κ3) is 4.96. The highest BCUT2D eigenvalue weighted by Gasteiger charge is 2.50. The molecule has 7 heteroatoms. The van der Waals surface area contributed by atoms with Crippen molar-refractivity contribution in [3.05, 3.63) is 53.6 Å². The van der Waals surface area contributed by atoms with E-state index < -0.39 is 5.60 Å². The van der Waals surface area contributed by atoms with Crippen LogP contribution in [0.5, 0.6) is 23.0 Å². The lowest BCUT2D eigenvalue weighted by atomic mass is 9.66. The van der Waals surface area contributed by atoms with E-state index in [1.807, 2.05) is 41.3 Å². The van der Waals surface area contributed by atoms with E-state index in [-0.39, 0.29) is 17.9 Å². The van der Waals surface area contributed by atoms with Crippen molar-refractivity contribution < 1.29 is 28.8 Å². The number of methoxy groups -OCH3 is 4. The van der Waals surface area contributed by atoms with Gasteiger partial charge in [-0.1, -0.05) is 18.9 Å². The summed E-state index contributed by atoms with van der Waals surface area (Å²) in [4.78, 5) is 15.5. The predicted molar refractivity (Wildman–Crippen MR) is 134 cm³/mol. The second-order valence-electron chi connectivity index (χ2n) is 9.24. The van der Waals surface area contributed by atoms with E-state index in [0.29, 0.717) is 36.0 Å². The maximum Gasteiger partial charge on any atom is 0.247 e. The van der Waals surface area contributed by atoms with Crippen LogP contribution in [0, 0.1) is 5.92 Å². The summed E-state index contributed by atoms with van der Waals surface area (Å²) < 4.78 is 21.9. The molecule has 2 aromatic rings. The highest BCUT2D eigenvalue weighted by Crippen LogP contribution is 2.51. The number of hydrogen-bond acceptors (Lipinski definition) is 6. The maximum absolute atomic E-state index is 13.6. The van der Waals surface area contributed by atoms with Gasteiger partial charge in [-0.25, -0.2) is 0 Å². The molecule has 7 nitrogen and oxygen atoms in total. The lowest BCUT2D eigenvalue weighted by molar-refractivity contribution is -0.151. The van der Waals surface area contributed by atoms with Gasteiger partial charge in [0.2, 0.25) is 5.91 Å². The number of benzene rings is 2. The fourth-order valence-electron chi connectivity index (χ4n) is 5.60. The zero-order valence-electron chi connectivity index (χ0n) is 21.0. The first-order chi connectivity index (χ1) is 16.9. The molecule has 1 heterocycles. The lowest BCUT2D eigenvalue weighted by Crippen LogP contribution is -2.56. The Morgan fingerprint density at radius 1 is 0.943 bits per heavy atom. The summed E-state index contributed by atoms with van der Waals surface area (Å²) in [7, 11) is 6.43. The molecular formula is C28H35NO6. The normalized spacial score (nSPS) is 24.1. The number of likely N-dealkylation sites (tertiary alicyclic amines) is 1. The summed E-state index contributed by atoms with van der Waals surface area (Å²) in [5.74, 6) is 2.43. The van der Waals surface area contributed by atoms with Crippen molar-refractivity contribution in [1.29, 1.82) is 0 Å². The van der Waals surface area contributed by atoms with Gasteiger partial charge in [-0.15, -0.1) is 0 Å². The SMILES string of the molecule is COc1ccc(OC)c([C@@H]2[C@H]3CCCC[C@]3(O)CCN2C(=O)C=Cc2ccc(OC)c(OC)c2)c1. The quantitative estimate of drug-likeness (QED) is 0.581. The molecule has 0 aromatic heterocycles. The molecule has 188 valence electrons. The van der Waals surface area contributed by atoms with Gasteiger partial charge in [0.1, 0.15) is 11.5 Å². The van der Waals surface area contributed by atoms with E-state index in [2.05, 4.69) is 0 Å². The Kier molecular flexibility index (Phi) is 7.55. The molecule has 1 saturated carbocycles. The summed E-state index contributed by atoms with van der Waals surface area (Å²) in [6.07, 6.45) is 7.58. The monoisotopic (exact) mass is 481 g/mol. The van der Waals surface area contributed by atoms with Gasteiger partial charge in [-0.2, -0.15) is 0 Å². The molecule has 1 saturated heterocycles. The molecule has 2 aromatic carbocycles. The second-order valence-corrected chi connectivity index (χ2v) is 9.24. The number of piperidine rings is 1. The van der Waals surface area contributed by atoms with E-state index in [0.717, 1.165) is 36.8 Å². The molecule has 35 heavy (non-hydrogen) atoms. The van der Waals surface area contributed by atoms with E-state index >= 15 is 0 Å². The number of ether oxygens (including phenoxy) is 4. The molecular weight excluding hydrogens is 446 g/mol. The Labute approximate surface area is 207 Å². The van der Waals surface area contributed by atoms with E-state index in [1.165, 1.54) is 0 Å². The van der Waals surface area contributed by atoms with Crippen LogP contribution in [0.4, 0.5) is 0 Å². The van der Waals surface area contributed by atoms with Crippen LogP contribution in [-0.2, 0) is 4.79 Å². The molecule has 0 radical (unpaired) electrons. The molecule has 2 fully saturated rings. The summed E-state index contributed by atoms with van der Waals surface area (Å²) in [6, 6.07) is 10.9. The Morgan fingerprint density at radius 2 is 1.69 bits per heavy atom. The number of rotatable bonds is 7. The fraction of sp³-hybridized carbons (Fsp3) is 0.464. The standard InChI is InChI=1S/C28H35NO6/c1-32-20-10-12-23(33-2)21(18-20)27-22-7-5-6-14-28(22,31)15-16-29(27)26(30)13-9-19-8-11-24(34-3)25(17-19)35-4/h8-13,17-18,22,27,31H,5-7,14-16H2,1-4H3/t22-,27-,28+/m1/s1. The number of hydrogen-bond donors (Lipinski definition) is 1. The Bertz CT molecular complexity index is 1080. The number of nitrogens with zero attached hydrogens (tertiary/aromatic N) is 1. The highest BCUT2D eigenvalue weighted by atomic mass is 16.5. The average Bonchev–Trinajstić information content (AvgIpc) is 2.90. The molecule has 2 aliphatic rings. The molecule has 1 amide bonds. The van der Waals surface area contributed by atoms with Crippen molar-refractivity contribution in [3.8, 4) is 23.0 Å². The zero-order valence-corrected chi connectivity index (χ0v) is 21.0. The molecule has 0 unspecified atom stereocenters. The van der Waals surface area contributed by atoms with Crippen molar-refractivity contribution in [3.63, 3.8) is 0 Å². The second kappa shape index (κ2) is 10.6. The van der Waals surface area contributed by atoms with Crippen LogP contribution in [-0.4, -0.2) is 56.5 Å². The predicted octanol–water partition coefficient (Wildman–Crippen LogP) is 4.63. The van der Waals surface area contributed by atoms with Crippen molar-refractivity contribution in [2.45, 2.75) is 43.7 Å². The first-order valence-corrected chi connectivity index (χ1v) is 12.1. The number of aliphatic hydroxyl groups is 1. The van der Waals surface area contributed by atoms with Gasteiger partial charge in [-0.3, -0.25) is 4.79 Å². The summed E-state index contributed by atoms with van der Waals surface area (Å²) in [5, 5.41) is 11.6. The molecule has 0 spiro atoms. The molecule has 1 N–H and O–H groups in total. The average molecular weight is 482 g/mol. The van der Waals surface area contributed by atoms with Crippen LogP contribution in [0.2, 0.25) is 0 Å². The van der Waals surface area contributed by atoms with Crippen LogP contribution < -0.4 is 18.9 Å². The van der Waals surface area contributed by atoms with Crippen LogP contribution in [0.15, 0.2) is 42.5 Å². The van der Waals surface area contributed by atoms with Crippen molar-refractivity contribution in [2.24, 2.45) is 5.92 Å². The van der Waals surface area contributed by atoms with E-state index in [1.54, 1.807) is 40.6 Å². The van der Waals surface area contributed by atoms with Crippen molar-refractivity contribution >= 4 is 12.0 Å². The van der Waals surface area contributed by atoms with Crippen molar-refractivity contribution in [1.82, 2.24) is 4.90 Å². The molecule has 4 rings (SSSR count). The third-order valence-corrected chi connectivity index (χ3v) is 7.43. The Morgan fingerprint density at radius 3 is 2.40 bits per heavy atom. The number of amides is 1. The van der Waals surface area contributed by atoms with Crippen LogP contribution >= 0.6 is 0 Å². The summed E-state index contributed by atoms with van der Waals surface area (Å²) >= 11 is 0. The topological polar surface area (TPSA) is 77.5 Å². The maximum atomic E-state index is 13.6. The largest absolute Gasteiger partial charge is 0.497 e. The van der Waals surface area contributed by atoms with Crippen LogP contribution in [0.3, 0.4) is 0 Å². The molecule has 1 aliphatic heterocycles. The molecule has 1 aliphatic carbocycles. The first-order valence-electron chi connectivity index (χ1n) is 12.1. The highest BCUT2D eigenvalue weighted by molar-refractivity contribution is 5.92. The fourth-order valence-corrected chi connectivity index (χ4v) is 5.60. The number of carbonyl (C=O) groups excluding carboxylic acids is 1. The number of carbonyl (C=O) groups is 1. The number of fused-ring (bicyclic) bond motifs is 1. The molecule has 0 bridgehead atoms. The first kappa shape index (κ1) is 24.9. The van der Waals surface area contributed by atoms with E-state index in [4.69, 9.17) is 18.9 Å². The minimum Gasteiger partial charge on any atom is -0.497 e. The Balaban J connectivity index is 1.70. The van der Waals surface area contributed by atoms with Gasteiger partial charge in [0.15, 0.2) is 11.5 Å². The minimum atomic E-state index is -0.791. The summed E-state index contributed by atoms with van der Waals surface area (Å²) in [5.41, 5.74) is 0.906. The smallest absolute Gasteiger partial charge is 0.247 e. The van der Waals surface area contributed by atoms with Gasteiger partial charge < -0.3 is 29.0 Å². The van der Waals surface area contributed by atoms with Crippen LogP contribution in [0.1, 0.15) is 49.3 Å². The van der Waals surface area contributed by atoms with Gasteiger partial charge in [-0.05, 0) is 61.2 Å². The third-order valence-electron chi connectivity index (χ3n) is 7.43. The van der Waals surface area contributed by atoms with Gasteiger partial charge in [0, 0.05) is 24.1 Å². The lowest BCUT2D eigenvalue weighted by Gasteiger charge is -2.52. The van der Waals surface area contributed by atoms with Gasteiger partial charge in [0.25, 0.3) is 0 Å². The summed E-state index contributed by atoms with van der Waals surface area (Å²) in [6.45, 7) is 0.465. The van der Waals surface area contributed by atoms with Gasteiger partial charge >= 0.3 is 0 Å². The van der Waals surface area contributed by atoms with Crippen molar-refractivity contribution in [2.75, 3.05) is 35.0 Å². The van der Waals surface area contributed by atoms with E-state index in [9.17, 15) is 9.90 Å². The molecule has 3 atom stereocenters. The Hall–Kier alpha value is -3.19. The minimum absolute atomic E-state index is 0.0792.